The summed E-state index contributed by atoms with van der Waals surface area (Å²) in [6.07, 6.45) is 2.00. The van der Waals surface area contributed by atoms with Crippen LogP contribution >= 0.6 is 0 Å². The minimum absolute atomic E-state index is 0.148. The largest absolute Gasteiger partial charge is 0.383 e. The van der Waals surface area contributed by atoms with E-state index in [0.717, 1.165) is 24.9 Å². The molecule has 0 aromatic carbocycles. The molecule has 1 amide bonds. The summed E-state index contributed by atoms with van der Waals surface area (Å²) in [5, 5.41) is 0. The summed E-state index contributed by atoms with van der Waals surface area (Å²) in [5.74, 6) is 1.68. The maximum absolute atomic E-state index is 11.3. The average molecular weight is 279 g/mol. The summed E-state index contributed by atoms with van der Waals surface area (Å²) in [4.78, 5) is 22.0. The number of nitrogen functional groups attached to an aromatic ring is 1. The minimum atomic E-state index is -0.371. The molecule has 1 aromatic heterocycles. The SMILES string of the molecule is CCCCN(CC(N)=O)c1nc(C(C)C)nc(N)c1C. The van der Waals surface area contributed by atoms with Gasteiger partial charge in [0, 0.05) is 18.0 Å². The van der Waals surface area contributed by atoms with Crippen LogP contribution in [-0.2, 0) is 4.79 Å². The quantitative estimate of drug-likeness (QED) is 0.789. The third kappa shape index (κ3) is 4.08. The van der Waals surface area contributed by atoms with E-state index in [1.54, 1.807) is 0 Å². The maximum atomic E-state index is 11.3. The molecule has 0 spiro atoms. The van der Waals surface area contributed by atoms with E-state index in [1.807, 2.05) is 25.7 Å². The average Bonchev–Trinajstić information content (AvgIpc) is 2.37. The second-order valence-electron chi connectivity index (χ2n) is 5.31. The number of carbonyl (C=O) groups is 1. The molecule has 6 heteroatoms. The Balaban J connectivity index is 3.19. The van der Waals surface area contributed by atoms with Crippen LogP contribution in [-0.4, -0.2) is 29.0 Å². The van der Waals surface area contributed by atoms with Crippen LogP contribution < -0.4 is 16.4 Å². The Hall–Kier alpha value is -1.85. The first-order valence-electron chi connectivity index (χ1n) is 7.04. The van der Waals surface area contributed by atoms with E-state index in [4.69, 9.17) is 11.5 Å². The Morgan fingerprint density at radius 2 is 2.00 bits per heavy atom. The fourth-order valence-corrected chi connectivity index (χ4v) is 1.90. The molecule has 1 heterocycles. The molecule has 0 radical (unpaired) electrons. The lowest BCUT2D eigenvalue weighted by Crippen LogP contribution is -2.36. The molecule has 0 unspecified atom stereocenters. The molecule has 0 aliphatic heterocycles. The van der Waals surface area contributed by atoms with Crippen molar-refractivity contribution in [1.82, 2.24) is 9.97 Å². The van der Waals surface area contributed by atoms with Crippen molar-refractivity contribution in [1.29, 1.82) is 0 Å². The first-order chi connectivity index (χ1) is 9.36. The molecule has 0 fully saturated rings. The number of primary amides is 1. The van der Waals surface area contributed by atoms with Gasteiger partial charge in [-0.2, -0.15) is 0 Å². The molecule has 0 saturated carbocycles. The topological polar surface area (TPSA) is 98.1 Å². The zero-order valence-corrected chi connectivity index (χ0v) is 12.8. The Morgan fingerprint density at radius 1 is 1.35 bits per heavy atom. The van der Waals surface area contributed by atoms with Crippen LogP contribution in [0.1, 0.15) is 50.9 Å². The summed E-state index contributed by atoms with van der Waals surface area (Å²) >= 11 is 0. The van der Waals surface area contributed by atoms with Crippen LogP contribution in [0.2, 0.25) is 0 Å². The highest BCUT2D eigenvalue weighted by molar-refractivity contribution is 5.79. The van der Waals surface area contributed by atoms with Gasteiger partial charge in [-0.15, -0.1) is 0 Å². The number of unbranched alkanes of at least 4 members (excludes halogenated alkanes) is 1. The van der Waals surface area contributed by atoms with Crippen molar-refractivity contribution >= 4 is 17.5 Å². The van der Waals surface area contributed by atoms with Crippen LogP contribution in [0.15, 0.2) is 0 Å². The molecule has 0 bridgehead atoms. The fraction of sp³-hybridized carbons (Fsp3) is 0.643. The maximum Gasteiger partial charge on any atom is 0.236 e. The third-order valence-corrected chi connectivity index (χ3v) is 3.12. The smallest absolute Gasteiger partial charge is 0.236 e. The lowest BCUT2D eigenvalue weighted by molar-refractivity contribution is -0.116. The number of aromatic nitrogens is 2. The zero-order chi connectivity index (χ0) is 15.3. The van der Waals surface area contributed by atoms with E-state index < -0.39 is 0 Å². The Bertz CT molecular complexity index is 473. The van der Waals surface area contributed by atoms with Crippen molar-refractivity contribution in [3.05, 3.63) is 11.4 Å². The molecule has 20 heavy (non-hydrogen) atoms. The summed E-state index contributed by atoms with van der Waals surface area (Å²) in [6.45, 7) is 8.87. The fourth-order valence-electron chi connectivity index (χ4n) is 1.90. The zero-order valence-electron chi connectivity index (χ0n) is 12.8. The second-order valence-corrected chi connectivity index (χ2v) is 5.31. The Morgan fingerprint density at radius 3 is 2.50 bits per heavy atom. The van der Waals surface area contributed by atoms with Crippen molar-refractivity contribution in [2.75, 3.05) is 23.7 Å². The lowest BCUT2D eigenvalue weighted by Gasteiger charge is -2.25. The lowest BCUT2D eigenvalue weighted by atomic mass is 10.2. The van der Waals surface area contributed by atoms with E-state index in [0.29, 0.717) is 17.5 Å². The van der Waals surface area contributed by atoms with Gasteiger partial charge in [0.2, 0.25) is 5.91 Å². The monoisotopic (exact) mass is 279 g/mol. The normalized spacial score (nSPS) is 10.8. The van der Waals surface area contributed by atoms with Gasteiger partial charge in [-0.3, -0.25) is 4.79 Å². The number of hydrogen-bond acceptors (Lipinski definition) is 5. The molecule has 1 aromatic rings. The molecule has 4 N–H and O–H groups in total. The predicted octanol–water partition coefficient (Wildman–Crippen LogP) is 1.58. The summed E-state index contributed by atoms with van der Waals surface area (Å²) in [5.41, 5.74) is 12.1. The predicted molar refractivity (Wildman–Crippen MR) is 81.6 cm³/mol. The number of carbonyl (C=O) groups excluding carboxylic acids is 1. The van der Waals surface area contributed by atoms with Crippen molar-refractivity contribution in [3.8, 4) is 0 Å². The van der Waals surface area contributed by atoms with Crippen LogP contribution in [0.4, 0.5) is 11.6 Å². The first kappa shape index (κ1) is 16.2. The van der Waals surface area contributed by atoms with Crippen LogP contribution in [0, 0.1) is 6.92 Å². The molecule has 0 atom stereocenters. The molecule has 0 aliphatic rings. The number of nitrogens with two attached hydrogens (primary N) is 2. The molecule has 6 nitrogen and oxygen atoms in total. The highest BCUT2D eigenvalue weighted by Crippen LogP contribution is 2.24. The number of hydrogen-bond donors (Lipinski definition) is 2. The number of rotatable bonds is 7. The Kier molecular flexibility index (Phi) is 5.73. The molecule has 1 rings (SSSR count). The first-order valence-corrected chi connectivity index (χ1v) is 7.04. The standard InChI is InChI=1S/C14H25N5O/c1-5-6-7-19(8-11(15)20)14-10(4)12(16)17-13(18-14)9(2)3/h9H,5-8H2,1-4H3,(H2,15,20)(H2,16,17,18). The third-order valence-electron chi connectivity index (χ3n) is 3.12. The highest BCUT2D eigenvalue weighted by Gasteiger charge is 2.18. The summed E-state index contributed by atoms with van der Waals surface area (Å²) < 4.78 is 0. The van der Waals surface area contributed by atoms with E-state index in [1.165, 1.54) is 0 Å². The van der Waals surface area contributed by atoms with Crippen molar-refractivity contribution in [2.24, 2.45) is 5.73 Å². The summed E-state index contributed by atoms with van der Waals surface area (Å²) in [7, 11) is 0. The van der Waals surface area contributed by atoms with Gasteiger partial charge in [-0.1, -0.05) is 27.2 Å². The van der Waals surface area contributed by atoms with E-state index in [-0.39, 0.29) is 18.4 Å². The van der Waals surface area contributed by atoms with Crippen molar-refractivity contribution in [3.63, 3.8) is 0 Å². The van der Waals surface area contributed by atoms with Crippen LogP contribution in [0.25, 0.3) is 0 Å². The van der Waals surface area contributed by atoms with Gasteiger partial charge in [0.25, 0.3) is 0 Å². The summed E-state index contributed by atoms with van der Waals surface area (Å²) in [6, 6.07) is 0. The molecular formula is C14H25N5O. The minimum Gasteiger partial charge on any atom is -0.383 e. The van der Waals surface area contributed by atoms with Gasteiger partial charge in [0.05, 0.1) is 6.54 Å². The van der Waals surface area contributed by atoms with Crippen molar-refractivity contribution in [2.45, 2.75) is 46.5 Å². The molecule has 0 saturated heterocycles. The van der Waals surface area contributed by atoms with Crippen molar-refractivity contribution < 1.29 is 4.79 Å². The number of nitrogens with zero attached hydrogens (tertiary/aromatic N) is 3. The number of anilines is 2. The molecule has 112 valence electrons. The van der Waals surface area contributed by atoms with Gasteiger partial charge in [0.1, 0.15) is 17.5 Å². The van der Waals surface area contributed by atoms with Gasteiger partial charge < -0.3 is 16.4 Å². The molecular weight excluding hydrogens is 254 g/mol. The van der Waals surface area contributed by atoms with Crippen LogP contribution in [0.5, 0.6) is 0 Å². The van der Waals surface area contributed by atoms with E-state index in [2.05, 4.69) is 16.9 Å². The van der Waals surface area contributed by atoms with E-state index in [9.17, 15) is 4.79 Å². The van der Waals surface area contributed by atoms with E-state index >= 15 is 0 Å². The van der Waals surface area contributed by atoms with Gasteiger partial charge in [0.15, 0.2) is 0 Å². The van der Waals surface area contributed by atoms with Crippen LogP contribution in [0.3, 0.4) is 0 Å². The Labute approximate surface area is 120 Å². The van der Waals surface area contributed by atoms with Gasteiger partial charge in [-0.05, 0) is 13.3 Å². The second kappa shape index (κ2) is 7.07. The van der Waals surface area contributed by atoms with Gasteiger partial charge in [-0.25, -0.2) is 9.97 Å². The highest BCUT2D eigenvalue weighted by atomic mass is 16.1. The molecule has 0 aliphatic carbocycles. The number of amides is 1. The van der Waals surface area contributed by atoms with Gasteiger partial charge >= 0.3 is 0 Å².